The van der Waals surface area contributed by atoms with Gasteiger partial charge in [-0.2, -0.15) is 0 Å². The Bertz CT molecular complexity index is 372. The maximum Gasteiger partial charge on any atom is 0.241 e. The van der Waals surface area contributed by atoms with Crippen LogP contribution in [0.2, 0.25) is 0 Å². The van der Waals surface area contributed by atoms with E-state index in [1.807, 2.05) is 0 Å². The third-order valence-electron chi connectivity index (χ3n) is 1.84. The van der Waals surface area contributed by atoms with Crippen LogP contribution < -0.4 is 15.8 Å². The summed E-state index contributed by atoms with van der Waals surface area (Å²) in [4.78, 5) is 11.4. The van der Waals surface area contributed by atoms with Gasteiger partial charge in [-0.15, -0.1) is 12.4 Å². The summed E-state index contributed by atoms with van der Waals surface area (Å²) in [5.41, 5.74) is 6.10. The van der Waals surface area contributed by atoms with Crippen molar-refractivity contribution < 1.29 is 9.53 Å². The van der Waals surface area contributed by atoms with Gasteiger partial charge in [-0.3, -0.25) is 4.79 Å². The molecule has 0 saturated heterocycles. The van der Waals surface area contributed by atoms with Gasteiger partial charge >= 0.3 is 0 Å². The van der Waals surface area contributed by atoms with Gasteiger partial charge in [0.05, 0.1) is 18.8 Å². The summed E-state index contributed by atoms with van der Waals surface area (Å²) in [7, 11) is 1.57. The van der Waals surface area contributed by atoms with Crippen molar-refractivity contribution in [2.75, 3.05) is 12.4 Å². The highest BCUT2D eigenvalue weighted by Crippen LogP contribution is 2.27. The Morgan fingerprint density at radius 3 is 2.69 bits per heavy atom. The predicted octanol–water partition coefficient (Wildman–Crippen LogP) is 2.17. The van der Waals surface area contributed by atoms with E-state index in [0.717, 1.165) is 4.47 Å². The van der Waals surface area contributed by atoms with Crippen LogP contribution in [0.15, 0.2) is 22.7 Å². The SMILES string of the molecule is COc1ccc(Br)c(NC(=O)[C@@H](C)N)c1.Cl. The molecule has 1 amide bonds. The molecule has 0 spiro atoms. The van der Waals surface area contributed by atoms with Gasteiger partial charge in [-0.05, 0) is 35.0 Å². The molecule has 4 nitrogen and oxygen atoms in total. The second-order valence-corrected chi connectivity index (χ2v) is 3.98. The first-order valence-electron chi connectivity index (χ1n) is 4.44. The van der Waals surface area contributed by atoms with Crippen molar-refractivity contribution in [1.29, 1.82) is 0 Å². The number of halogens is 2. The molecule has 0 aliphatic carbocycles. The molecule has 0 fully saturated rings. The largest absolute Gasteiger partial charge is 0.497 e. The lowest BCUT2D eigenvalue weighted by Crippen LogP contribution is -2.32. The molecule has 0 aliphatic rings. The number of carbonyl (C=O) groups is 1. The van der Waals surface area contributed by atoms with Crippen molar-refractivity contribution >= 4 is 39.9 Å². The molecule has 0 heterocycles. The average molecular weight is 310 g/mol. The molecular weight excluding hydrogens is 295 g/mol. The van der Waals surface area contributed by atoms with E-state index in [2.05, 4.69) is 21.2 Å². The minimum absolute atomic E-state index is 0. The zero-order chi connectivity index (χ0) is 11.4. The number of ether oxygens (including phenoxy) is 1. The first-order valence-corrected chi connectivity index (χ1v) is 5.24. The molecule has 0 bridgehead atoms. The highest BCUT2D eigenvalue weighted by atomic mass is 79.9. The fourth-order valence-electron chi connectivity index (χ4n) is 0.974. The van der Waals surface area contributed by atoms with Crippen LogP contribution >= 0.6 is 28.3 Å². The Balaban J connectivity index is 0.00000225. The van der Waals surface area contributed by atoms with Gasteiger partial charge in [-0.25, -0.2) is 0 Å². The van der Waals surface area contributed by atoms with Gasteiger partial charge in [-0.1, -0.05) is 0 Å². The number of nitrogens with one attached hydrogen (secondary N) is 1. The van der Waals surface area contributed by atoms with Crippen LogP contribution in [0.5, 0.6) is 5.75 Å². The zero-order valence-corrected chi connectivity index (χ0v) is 11.4. The molecule has 3 N–H and O–H groups in total. The van der Waals surface area contributed by atoms with Crippen LogP contribution in [0.25, 0.3) is 0 Å². The predicted molar refractivity (Wildman–Crippen MR) is 70.2 cm³/mol. The molecule has 1 aromatic carbocycles. The van der Waals surface area contributed by atoms with E-state index in [-0.39, 0.29) is 18.3 Å². The third-order valence-corrected chi connectivity index (χ3v) is 2.54. The summed E-state index contributed by atoms with van der Waals surface area (Å²) in [6, 6.07) is 4.79. The molecule has 1 atom stereocenters. The molecule has 0 radical (unpaired) electrons. The lowest BCUT2D eigenvalue weighted by Gasteiger charge is -2.10. The first-order chi connectivity index (χ1) is 7.04. The Morgan fingerprint density at radius 1 is 1.56 bits per heavy atom. The summed E-state index contributed by atoms with van der Waals surface area (Å²) in [5, 5.41) is 2.69. The van der Waals surface area contributed by atoms with Crippen LogP contribution in [0.4, 0.5) is 5.69 Å². The van der Waals surface area contributed by atoms with Gasteiger partial charge in [0.15, 0.2) is 0 Å². The highest BCUT2D eigenvalue weighted by molar-refractivity contribution is 9.10. The standard InChI is InChI=1S/C10H13BrN2O2.ClH/c1-6(12)10(14)13-9-5-7(15-2)3-4-8(9)11;/h3-6H,12H2,1-2H3,(H,13,14);1H/t6-;/m1./s1. The molecule has 0 unspecified atom stereocenters. The van der Waals surface area contributed by atoms with Crippen LogP contribution in [0.1, 0.15) is 6.92 Å². The van der Waals surface area contributed by atoms with E-state index in [1.54, 1.807) is 32.2 Å². The second-order valence-electron chi connectivity index (χ2n) is 3.12. The van der Waals surface area contributed by atoms with Gasteiger partial charge in [0, 0.05) is 10.5 Å². The number of methoxy groups -OCH3 is 1. The lowest BCUT2D eigenvalue weighted by atomic mass is 10.2. The van der Waals surface area contributed by atoms with E-state index in [9.17, 15) is 4.79 Å². The van der Waals surface area contributed by atoms with E-state index in [0.29, 0.717) is 11.4 Å². The smallest absolute Gasteiger partial charge is 0.241 e. The molecular formula is C10H14BrClN2O2. The Hall–Kier alpha value is -0.780. The molecule has 90 valence electrons. The van der Waals surface area contributed by atoms with E-state index in [4.69, 9.17) is 10.5 Å². The number of amides is 1. The second kappa shape index (κ2) is 6.73. The van der Waals surface area contributed by atoms with E-state index >= 15 is 0 Å². The number of benzene rings is 1. The normalized spacial score (nSPS) is 11.2. The van der Waals surface area contributed by atoms with E-state index in [1.165, 1.54) is 0 Å². The van der Waals surface area contributed by atoms with Crippen LogP contribution in [0.3, 0.4) is 0 Å². The van der Waals surface area contributed by atoms with Gasteiger partial charge < -0.3 is 15.8 Å². The van der Waals surface area contributed by atoms with Crippen LogP contribution in [-0.4, -0.2) is 19.1 Å². The number of nitrogens with two attached hydrogens (primary N) is 1. The Morgan fingerprint density at radius 2 is 2.19 bits per heavy atom. The van der Waals surface area contributed by atoms with Crippen molar-refractivity contribution in [3.05, 3.63) is 22.7 Å². The number of carbonyl (C=O) groups excluding carboxylic acids is 1. The summed E-state index contributed by atoms with van der Waals surface area (Å²) in [6.07, 6.45) is 0. The third kappa shape index (κ3) is 4.00. The number of hydrogen-bond donors (Lipinski definition) is 2. The summed E-state index contributed by atoms with van der Waals surface area (Å²) in [6.45, 7) is 1.63. The number of anilines is 1. The fourth-order valence-corrected chi connectivity index (χ4v) is 1.32. The quantitative estimate of drug-likeness (QED) is 0.899. The van der Waals surface area contributed by atoms with Gasteiger partial charge in [0.2, 0.25) is 5.91 Å². The molecule has 0 aromatic heterocycles. The monoisotopic (exact) mass is 308 g/mol. The summed E-state index contributed by atoms with van der Waals surface area (Å²) >= 11 is 3.33. The average Bonchev–Trinajstić information content (AvgIpc) is 2.21. The van der Waals surface area contributed by atoms with Crippen molar-refractivity contribution in [1.82, 2.24) is 0 Å². The van der Waals surface area contributed by atoms with Crippen molar-refractivity contribution in [2.24, 2.45) is 5.73 Å². The molecule has 1 aromatic rings. The van der Waals surface area contributed by atoms with Crippen molar-refractivity contribution in [3.8, 4) is 5.75 Å². The Labute approximate surface area is 109 Å². The van der Waals surface area contributed by atoms with Gasteiger partial charge in [0.1, 0.15) is 5.75 Å². The molecule has 0 saturated carbocycles. The Kier molecular flexibility index (Phi) is 6.40. The topological polar surface area (TPSA) is 64.3 Å². The maximum atomic E-state index is 11.4. The number of hydrogen-bond acceptors (Lipinski definition) is 3. The molecule has 16 heavy (non-hydrogen) atoms. The lowest BCUT2D eigenvalue weighted by molar-refractivity contribution is -0.117. The molecule has 0 aliphatic heterocycles. The van der Waals surface area contributed by atoms with E-state index < -0.39 is 6.04 Å². The number of rotatable bonds is 3. The molecule has 1 rings (SSSR count). The van der Waals surface area contributed by atoms with Crippen molar-refractivity contribution in [3.63, 3.8) is 0 Å². The minimum Gasteiger partial charge on any atom is -0.497 e. The van der Waals surface area contributed by atoms with Crippen LogP contribution in [-0.2, 0) is 4.79 Å². The maximum absolute atomic E-state index is 11.4. The van der Waals surface area contributed by atoms with Gasteiger partial charge in [0.25, 0.3) is 0 Å². The summed E-state index contributed by atoms with van der Waals surface area (Å²) < 4.78 is 5.84. The fraction of sp³-hybridized carbons (Fsp3) is 0.300. The zero-order valence-electron chi connectivity index (χ0n) is 8.99. The van der Waals surface area contributed by atoms with Crippen molar-refractivity contribution in [2.45, 2.75) is 13.0 Å². The minimum atomic E-state index is -0.539. The van der Waals surface area contributed by atoms with Crippen LogP contribution in [0, 0.1) is 0 Å². The highest BCUT2D eigenvalue weighted by Gasteiger charge is 2.10. The first kappa shape index (κ1) is 15.2. The molecule has 6 heteroatoms. The summed E-state index contributed by atoms with van der Waals surface area (Å²) in [5.74, 6) is 0.446.